The molecule has 0 atom stereocenters. The van der Waals surface area contributed by atoms with Crippen molar-refractivity contribution in [2.24, 2.45) is 0 Å². The number of nitrogens with zero attached hydrogens (tertiary/aromatic N) is 1. The molecular weight excluding hydrogens is 378 g/mol. The highest BCUT2D eigenvalue weighted by molar-refractivity contribution is 5.62. The van der Waals surface area contributed by atoms with Crippen molar-refractivity contribution >= 4 is 11.4 Å². The minimum atomic E-state index is 0.512. The highest BCUT2D eigenvalue weighted by atomic mass is 15.1. The Morgan fingerprint density at radius 2 is 1.16 bits per heavy atom. The molecule has 0 radical (unpaired) electrons. The van der Waals surface area contributed by atoms with Crippen LogP contribution in [0.15, 0.2) is 30.3 Å². The van der Waals surface area contributed by atoms with Gasteiger partial charge in [0.2, 0.25) is 0 Å². The number of hydrogen-bond donors (Lipinski definition) is 2. The zero-order valence-electron chi connectivity index (χ0n) is 21.4. The molecule has 0 heterocycles. The van der Waals surface area contributed by atoms with Gasteiger partial charge in [-0.3, -0.25) is 0 Å². The van der Waals surface area contributed by atoms with Gasteiger partial charge in [0.05, 0.1) is 0 Å². The fourth-order valence-corrected chi connectivity index (χ4v) is 4.11. The van der Waals surface area contributed by atoms with Gasteiger partial charge in [-0.2, -0.15) is 0 Å². The average molecular weight is 424 g/mol. The zero-order valence-corrected chi connectivity index (χ0v) is 21.4. The number of para-hydroxylation sites is 1. The lowest BCUT2D eigenvalue weighted by atomic mass is 9.87. The lowest BCUT2D eigenvalue weighted by Gasteiger charge is -2.25. The molecule has 0 fully saturated rings. The predicted octanol–water partition coefficient (Wildman–Crippen LogP) is 7.13. The third-order valence-electron chi connectivity index (χ3n) is 6.20. The molecule has 0 unspecified atom stereocenters. The fraction of sp³-hybridized carbons (Fsp3) is 0.571. The molecular formula is C28H45N3. The van der Waals surface area contributed by atoms with Crippen molar-refractivity contribution in [3.8, 4) is 0 Å². The lowest BCUT2D eigenvalue weighted by molar-refractivity contribution is 0.360. The standard InChI is InChI=1S/C28H45N3/c1-19(2)24-17-25(20(3)4)28(26(18-24)21(5)6)30-14-16-31(9)15-13-29-27-22(7)11-10-12-23(27)8/h10-12,17-21,29-30H,13-16H2,1-9H3. The number of benzene rings is 2. The van der Waals surface area contributed by atoms with Gasteiger partial charge in [0.15, 0.2) is 0 Å². The number of anilines is 2. The van der Waals surface area contributed by atoms with Crippen molar-refractivity contribution in [2.45, 2.75) is 73.1 Å². The summed E-state index contributed by atoms with van der Waals surface area (Å²) in [6, 6.07) is 11.3. The minimum Gasteiger partial charge on any atom is -0.383 e. The molecule has 0 amide bonds. The first kappa shape index (κ1) is 25.3. The second kappa shape index (κ2) is 11.6. The van der Waals surface area contributed by atoms with E-state index in [0.717, 1.165) is 26.2 Å². The van der Waals surface area contributed by atoms with Crippen molar-refractivity contribution in [2.75, 3.05) is 43.9 Å². The van der Waals surface area contributed by atoms with E-state index in [1.807, 2.05) is 0 Å². The molecule has 2 N–H and O–H groups in total. The van der Waals surface area contributed by atoms with Crippen molar-refractivity contribution in [3.63, 3.8) is 0 Å². The van der Waals surface area contributed by atoms with Gasteiger partial charge in [0.25, 0.3) is 0 Å². The summed E-state index contributed by atoms with van der Waals surface area (Å²) in [6.45, 7) is 22.1. The molecule has 172 valence electrons. The van der Waals surface area contributed by atoms with E-state index in [0.29, 0.717) is 17.8 Å². The Morgan fingerprint density at radius 3 is 1.58 bits per heavy atom. The van der Waals surface area contributed by atoms with Crippen LogP contribution >= 0.6 is 0 Å². The third-order valence-corrected chi connectivity index (χ3v) is 6.20. The van der Waals surface area contributed by atoms with Crippen LogP contribution in [0.2, 0.25) is 0 Å². The van der Waals surface area contributed by atoms with E-state index in [-0.39, 0.29) is 0 Å². The highest BCUT2D eigenvalue weighted by Crippen LogP contribution is 2.35. The van der Waals surface area contributed by atoms with E-state index < -0.39 is 0 Å². The van der Waals surface area contributed by atoms with E-state index >= 15 is 0 Å². The molecule has 2 aromatic carbocycles. The molecule has 3 heteroatoms. The van der Waals surface area contributed by atoms with Gasteiger partial charge in [-0.15, -0.1) is 0 Å². The first-order chi connectivity index (χ1) is 14.6. The number of hydrogen-bond acceptors (Lipinski definition) is 3. The van der Waals surface area contributed by atoms with E-state index in [1.165, 1.54) is 39.2 Å². The summed E-state index contributed by atoms with van der Waals surface area (Å²) in [5.41, 5.74) is 9.63. The topological polar surface area (TPSA) is 27.3 Å². The Morgan fingerprint density at radius 1 is 0.710 bits per heavy atom. The Labute approximate surface area is 191 Å². The molecule has 0 saturated carbocycles. The smallest absolute Gasteiger partial charge is 0.0411 e. The molecule has 0 aromatic heterocycles. The number of rotatable bonds is 11. The van der Waals surface area contributed by atoms with Crippen molar-refractivity contribution in [3.05, 3.63) is 58.1 Å². The largest absolute Gasteiger partial charge is 0.383 e. The highest BCUT2D eigenvalue weighted by Gasteiger charge is 2.17. The molecule has 0 aliphatic rings. The number of nitrogens with one attached hydrogen (secondary N) is 2. The average Bonchev–Trinajstić information content (AvgIpc) is 2.69. The van der Waals surface area contributed by atoms with Crippen molar-refractivity contribution < 1.29 is 0 Å². The Bertz CT molecular complexity index is 787. The molecule has 0 aliphatic heterocycles. The Hall–Kier alpha value is -2.00. The van der Waals surface area contributed by atoms with Crippen LogP contribution < -0.4 is 10.6 Å². The summed E-state index contributed by atoms with van der Waals surface area (Å²) in [5.74, 6) is 1.58. The third kappa shape index (κ3) is 7.00. The first-order valence-electron chi connectivity index (χ1n) is 12.0. The summed E-state index contributed by atoms with van der Waals surface area (Å²) in [5, 5.41) is 7.43. The molecule has 0 saturated heterocycles. The van der Waals surface area contributed by atoms with Crippen LogP contribution in [0.1, 0.15) is 87.1 Å². The molecule has 2 rings (SSSR count). The van der Waals surface area contributed by atoms with Crippen LogP contribution in [-0.2, 0) is 0 Å². The molecule has 0 spiro atoms. The molecule has 2 aromatic rings. The van der Waals surface area contributed by atoms with E-state index in [1.54, 1.807) is 0 Å². The summed E-state index contributed by atoms with van der Waals surface area (Å²) >= 11 is 0. The second-order valence-corrected chi connectivity index (χ2v) is 9.96. The van der Waals surface area contributed by atoms with Gasteiger partial charge in [-0.1, -0.05) is 71.9 Å². The summed E-state index contributed by atoms with van der Waals surface area (Å²) in [4.78, 5) is 2.40. The maximum Gasteiger partial charge on any atom is 0.0411 e. The SMILES string of the molecule is Cc1cccc(C)c1NCCN(C)CCNc1c(C(C)C)cc(C(C)C)cc1C(C)C. The zero-order chi connectivity index (χ0) is 23.1. The van der Waals surface area contributed by atoms with Crippen LogP contribution in [0.25, 0.3) is 0 Å². The van der Waals surface area contributed by atoms with Crippen LogP contribution in [0.4, 0.5) is 11.4 Å². The molecule has 0 bridgehead atoms. The Balaban J connectivity index is 1.97. The number of likely N-dealkylation sites (N-methyl/N-ethyl adjacent to an activating group) is 1. The van der Waals surface area contributed by atoms with Crippen LogP contribution in [0.5, 0.6) is 0 Å². The normalized spacial score (nSPS) is 11.8. The second-order valence-electron chi connectivity index (χ2n) is 9.96. The number of aryl methyl sites for hydroxylation is 2. The van der Waals surface area contributed by atoms with Gasteiger partial charge in [-0.25, -0.2) is 0 Å². The fourth-order valence-electron chi connectivity index (χ4n) is 4.11. The summed E-state index contributed by atoms with van der Waals surface area (Å²) in [6.07, 6.45) is 0. The van der Waals surface area contributed by atoms with E-state index in [9.17, 15) is 0 Å². The van der Waals surface area contributed by atoms with Gasteiger partial charge >= 0.3 is 0 Å². The minimum absolute atomic E-state index is 0.512. The van der Waals surface area contributed by atoms with Gasteiger partial charge < -0.3 is 15.5 Å². The quantitative estimate of drug-likeness (QED) is 0.402. The van der Waals surface area contributed by atoms with E-state index in [4.69, 9.17) is 0 Å². The molecule has 3 nitrogen and oxygen atoms in total. The van der Waals surface area contributed by atoms with Crippen LogP contribution in [0.3, 0.4) is 0 Å². The van der Waals surface area contributed by atoms with E-state index in [2.05, 4.69) is 108 Å². The van der Waals surface area contributed by atoms with Crippen LogP contribution in [-0.4, -0.2) is 38.1 Å². The van der Waals surface area contributed by atoms with Gasteiger partial charge in [0, 0.05) is 37.6 Å². The van der Waals surface area contributed by atoms with Gasteiger partial charge in [-0.05, 0) is 66.5 Å². The summed E-state index contributed by atoms with van der Waals surface area (Å²) < 4.78 is 0. The van der Waals surface area contributed by atoms with Gasteiger partial charge in [0.1, 0.15) is 0 Å². The Kier molecular flexibility index (Phi) is 9.43. The first-order valence-corrected chi connectivity index (χ1v) is 12.0. The lowest BCUT2D eigenvalue weighted by Crippen LogP contribution is -2.30. The summed E-state index contributed by atoms with van der Waals surface area (Å²) in [7, 11) is 2.21. The maximum atomic E-state index is 3.81. The van der Waals surface area contributed by atoms with Crippen molar-refractivity contribution in [1.82, 2.24) is 4.90 Å². The maximum absolute atomic E-state index is 3.81. The van der Waals surface area contributed by atoms with Crippen LogP contribution in [0, 0.1) is 13.8 Å². The molecule has 31 heavy (non-hydrogen) atoms. The predicted molar refractivity (Wildman–Crippen MR) is 139 cm³/mol. The van der Waals surface area contributed by atoms with Crippen molar-refractivity contribution in [1.29, 1.82) is 0 Å². The monoisotopic (exact) mass is 423 g/mol. The molecule has 0 aliphatic carbocycles.